The van der Waals surface area contributed by atoms with Crippen LogP contribution < -0.4 is 5.73 Å². The molecule has 1 atom stereocenters. The maximum atomic E-state index is 9.40. The summed E-state index contributed by atoms with van der Waals surface area (Å²) < 4.78 is 0. The Hall–Kier alpha value is -0.870. The Kier molecular flexibility index (Phi) is 2.33. The first-order valence-corrected chi connectivity index (χ1v) is 4.74. The summed E-state index contributed by atoms with van der Waals surface area (Å²) in [6.45, 7) is 0.220. The third-order valence-corrected chi connectivity index (χ3v) is 2.70. The van der Waals surface area contributed by atoms with Crippen molar-refractivity contribution in [3.63, 3.8) is 0 Å². The number of aromatic amines is 1. The predicted molar refractivity (Wildman–Crippen MR) is 49.2 cm³/mol. The van der Waals surface area contributed by atoms with Crippen LogP contribution in [0.25, 0.3) is 0 Å². The van der Waals surface area contributed by atoms with Gasteiger partial charge in [0.05, 0.1) is 0 Å². The zero-order chi connectivity index (χ0) is 9.26. The van der Waals surface area contributed by atoms with Gasteiger partial charge < -0.3 is 15.8 Å². The molecule has 0 spiro atoms. The van der Waals surface area contributed by atoms with Crippen molar-refractivity contribution in [3.05, 3.63) is 17.7 Å². The number of H-pyrrole nitrogens is 1. The third kappa shape index (κ3) is 1.59. The zero-order valence-corrected chi connectivity index (χ0v) is 7.53. The summed E-state index contributed by atoms with van der Waals surface area (Å²) in [4.78, 5) is 7.23. The van der Waals surface area contributed by atoms with Gasteiger partial charge in [-0.05, 0) is 12.8 Å². The maximum absolute atomic E-state index is 9.40. The second-order valence-electron chi connectivity index (χ2n) is 3.60. The van der Waals surface area contributed by atoms with E-state index >= 15 is 0 Å². The molecule has 0 aromatic carbocycles. The van der Waals surface area contributed by atoms with Gasteiger partial charge in [0.2, 0.25) is 0 Å². The number of aliphatic hydroxyl groups is 1. The predicted octanol–water partition coefficient (Wildman–Crippen LogP) is 0.669. The van der Waals surface area contributed by atoms with E-state index in [1.165, 1.54) is 19.3 Å². The van der Waals surface area contributed by atoms with Crippen molar-refractivity contribution in [1.29, 1.82) is 0 Å². The largest absolute Gasteiger partial charge is 0.384 e. The lowest BCUT2D eigenvalue weighted by atomic mass is 9.83. The second-order valence-corrected chi connectivity index (χ2v) is 3.60. The van der Waals surface area contributed by atoms with Crippen molar-refractivity contribution in [2.45, 2.75) is 31.3 Å². The van der Waals surface area contributed by atoms with E-state index in [9.17, 15) is 5.11 Å². The summed E-state index contributed by atoms with van der Waals surface area (Å²) in [6, 6.07) is 0. The molecule has 2 rings (SSSR count). The standard InChI is InChI=1S/C9H15N3O/c10-4-8(13)9-11-5-7(12-9)6-2-1-3-6/h5-6,8,13H,1-4,10H2,(H,11,12). The molecule has 1 unspecified atom stereocenters. The van der Waals surface area contributed by atoms with Crippen LogP contribution in [0.4, 0.5) is 0 Å². The minimum Gasteiger partial charge on any atom is -0.384 e. The highest BCUT2D eigenvalue weighted by molar-refractivity contribution is 5.11. The Morgan fingerprint density at radius 2 is 2.46 bits per heavy atom. The number of imidazole rings is 1. The molecule has 0 amide bonds. The van der Waals surface area contributed by atoms with Crippen molar-refractivity contribution in [2.75, 3.05) is 6.54 Å². The fourth-order valence-electron chi connectivity index (χ4n) is 1.56. The molecule has 1 saturated carbocycles. The van der Waals surface area contributed by atoms with E-state index < -0.39 is 6.10 Å². The number of aromatic nitrogens is 2. The Morgan fingerprint density at radius 3 is 3.00 bits per heavy atom. The number of nitrogens with zero attached hydrogens (tertiary/aromatic N) is 1. The summed E-state index contributed by atoms with van der Waals surface area (Å²) in [7, 11) is 0. The quantitative estimate of drug-likeness (QED) is 0.641. The summed E-state index contributed by atoms with van der Waals surface area (Å²) in [5.74, 6) is 1.23. The number of aliphatic hydroxyl groups excluding tert-OH is 1. The van der Waals surface area contributed by atoms with E-state index in [4.69, 9.17) is 5.73 Å². The minimum absolute atomic E-state index is 0.220. The number of nitrogens with two attached hydrogens (primary N) is 1. The minimum atomic E-state index is -0.645. The van der Waals surface area contributed by atoms with Crippen LogP contribution in [-0.2, 0) is 0 Å². The molecule has 4 nitrogen and oxygen atoms in total. The molecule has 1 aromatic heterocycles. The van der Waals surface area contributed by atoms with Crippen molar-refractivity contribution in [3.8, 4) is 0 Å². The molecule has 1 aliphatic rings. The SMILES string of the molecule is NCC(O)c1ncc(C2CCC2)[nH]1. The Morgan fingerprint density at radius 1 is 1.69 bits per heavy atom. The van der Waals surface area contributed by atoms with E-state index in [0.29, 0.717) is 11.7 Å². The molecule has 0 saturated heterocycles. The lowest BCUT2D eigenvalue weighted by Gasteiger charge is -2.23. The average Bonchev–Trinajstić information content (AvgIpc) is 2.49. The van der Waals surface area contributed by atoms with Crippen molar-refractivity contribution < 1.29 is 5.11 Å². The lowest BCUT2D eigenvalue weighted by molar-refractivity contribution is 0.177. The van der Waals surface area contributed by atoms with Crippen LogP contribution in [0.3, 0.4) is 0 Å². The van der Waals surface area contributed by atoms with E-state index in [1.54, 1.807) is 0 Å². The lowest BCUT2D eigenvalue weighted by Crippen LogP contribution is -2.13. The molecule has 4 heteroatoms. The molecular formula is C9H15N3O. The van der Waals surface area contributed by atoms with Crippen molar-refractivity contribution >= 4 is 0 Å². The van der Waals surface area contributed by atoms with E-state index in [0.717, 1.165) is 5.69 Å². The molecule has 1 aromatic rings. The van der Waals surface area contributed by atoms with Crippen LogP contribution in [0.5, 0.6) is 0 Å². The van der Waals surface area contributed by atoms with E-state index in [-0.39, 0.29) is 6.54 Å². The molecule has 0 radical (unpaired) electrons. The topological polar surface area (TPSA) is 74.9 Å². The summed E-state index contributed by atoms with van der Waals surface area (Å²) >= 11 is 0. The highest BCUT2D eigenvalue weighted by Crippen LogP contribution is 2.35. The molecule has 4 N–H and O–H groups in total. The highest BCUT2D eigenvalue weighted by Gasteiger charge is 2.22. The summed E-state index contributed by atoms with van der Waals surface area (Å²) in [5, 5.41) is 9.40. The van der Waals surface area contributed by atoms with E-state index in [1.807, 2.05) is 6.20 Å². The Bertz CT molecular complexity index is 261. The molecule has 13 heavy (non-hydrogen) atoms. The number of nitrogens with one attached hydrogen (secondary N) is 1. The number of hydrogen-bond acceptors (Lipinski definition) is 3. The van der Waals surface area contributed by atoms with Gasteiger partial charge in [-0.15, -0.1) is 0 Å². The average molecular weight is 181 g/mol. The van der Waals surface area contributed by atoms with Crippen LogP contribution >= 0.6 is 0 Å². The van der Waals surface area contributed by atoms with Crippen LogP contribution in [0.1, 0.15) is 42.8 Å². The second kappa shape index (κ2) is 3.47. The maximum Gasteiger partial charge on any atom is 0.136 e. The molecule has 0 aliphatic heterocycles. The molecule has 1 heterocycles. The first-order valence-electron chi connectivity index (χ1n) is 4.74. The van der Waals surface area contributed by atoms with Crippen molar-refractivity contribution in [2.24, 2.45) is 5.73 Å². The van der Waals surface area contributed by atoms with Crippen LogP contribution in [0.2, 0.25) is 0 Å². The molecule has 1 aliphatic carbocycles. The zero-order valence-electron chi connectivity index (χ0n) is 7.53. The van der Waals surface area contributed by atoms with Gasteiger partial charge in [-0.2, -0.15) is 0 Å². The van der Waals surface area contributed by atoms with Gasteiger partial charge in [0.1, 0.15) is 11.9 Å². The molecule has 72 valence electrons. The fourth-order valence-corrected chi connectivity index (χ4v) is 1.56. The van der Waals surface area contributed by atoms with Gasteiger partial charge >= 0.3 is 0 Å². The van der Waals surface area contributed by atoms with Crippen molar-refractivity contribution in [1.82, 2.24) is 9.97 Å². The van der Waals surface area contributed by atoms with Gasteiger partial charge in [-0.25, -0.2) is 4.98 Å². The third-order valence-electron chi connectivity index (χ3n) is 2.70. The van der Waals surface area contributed by atoms with Crippen LogP contribution in [-0.4, -0.2) is 21.6 Å². The van der Waals surface area contributed by atoms with Gasteiger partial charge in [0.15, 0.2) is 0 Å². The highest BCUT2D eigenvalue weighted by atomic mass is 16.3. The van der Waals surface area contributed by atoms with Gasteiger partial charge in [-0.3, -0.25) is 0 Å². The van der Waals surface area contributed by atoms with Gasteiger partial charge in [0, 0.05) is 24.4 Å². The van der Waals surface area contributed by atoms with Crippen LogP contribution in [0, 0.1) is 0 Å². The number of hydrogen-bond donors (Lipinski definition) is 3. The summed E-state index contributed by atoms with van der Waals surface area (Å²) in [5.41, 5.74) is 6.47. The number of rotatable bonds is 3. The molecule has 1 fully saturated rings. The smallest absolute Gasteiger partial charge is 0.136 e. The van der Waals surface area contributed by atoms with Crippen LogP contribution in [0.15, 0.2) is 6.20 Å². The first-order chi connectivity index (χ1) is 6.31. The van der Waals surface area contributed by atoms with E-state index in [2.05, 4.69) is 9.97 Å². The first kappa shape index (κ1) is 8.72. The molecule has 0 bridgehead atoms. The molecular weight excluding hydrogens is 166 g/mol. The van der Waals surface area contributed by atoms with Gasteiger partial charge in [-0.1, -0.05) is 6.42 Å². The summed E-state index contributed by atoms with van der Waals surface area (Å²) in [6.07, 6.45) is 4.95. The monoisotopic (exact) mass is 181 g/mol. The Balaban J connectivity index is 2.08. The van der Waals surface area contributed by atoms with Gasteiger partial charge in [0.25, 0.3) is 0 Å². The fraction of sp³-hybridized carbons (Fsp3) is 0.667. The normalized spacial score (nSPS) is 19.8. The Labute approximate surface area is 77.2 Å².